The van der Waals surface area contributed by atoms with Crippen LogP contribution in [0.1, 0.15) is 18.6 Å². The Morgan fingerprint density at radius 2 is 2.16 bits per heavy atom. The van der Waals surface area contributed by atoms with Crippen molar-refractivity contribution >= 4 is 11.7 Å². The van der Waals surface area contributed by atoms with E-state index in [1.54, 1.807) is 29.4 Å². The summed E-state index contributed by atoms with van der Waals surface area (Å²) in [6.45, 7) is 1.87. The van der Waals surface area contributed by atoms with Crippen LogP contribution in [0, 0.1) is 0 Å². The van der Waals surface area contributed by atoms with Crippen LogP contribution in [0.4, 0.5) is 10.5 Å². The summed E-state index contributed by atoms with van der Waals surface area (Å²) in [6, 6.07) is 8.81. The number of rotatable bonds is 5. The first-order valence-electron chi connectivity index (χ1n) is 8.37. The number of carbonyl (C=O) groups is 1. The standard InChI is InChI=1S/C18H20N2O5/c21-18(19-13-5-6-16-17(9-13)25-12-24-16)20(10-14-3-1-7-22-14)11-15-4-2-8-23-15/h1,3,5-7,9,15H,2,4,8,10-12H2,(H,19,21)/t15-/m0/s1. The van der Waals surface area contributed by atoms with E-state index in [0.29, 0.717) is 30.3 Å². The molecular formula is C18H20N2O5. The number of urea groups is 1. The van der Waals surface area contributed by atoms with Gasteiger partial charge in [-0.05, 0) is 37.1 Å². The minimum Gasteiger partial charge on any atom is -0.467 e. The minimum absolute atomic E-state index is 0.0671. The molecule has 0 radical (unpaired) electrons. The lowest BCUT2D eigenvalue weighted by Gasteiger charge is -2.25. The monoisotopic (exact) mass is 344 g/mol. The molecule has 1 aromatic heterocycles. The number of amides is 2. The van der Waals surface area contributed by atoms with Gasteiger partial charge in [-0.25, -0.2) is 4.79 Å². The van der Waals surface area contributed by atoms with Gasteiger partial charge in [0, 0.05) is 24.9 Å². The number of anilines is 1. The summed E-state index contributed by atoms with van der Waals surface area (Å²) in [7, 11) is 0. The van der Waals surface area contributed by atoms with Crippen molar-refractivity contribution in [2.75, 3.05) is 25.3 Å². The number of nitrogens with one attached hydrogen (secondary N) is 1. The van der Waals surface area contributed by atoms with Crippen molar-refractivity contribution < 1.29 is 23.4 Å². The Morgan fingerprint density at radius 3 is 2.96 bits per heavy atom. The molecule has 2 aliphatic rings. The third-order valence-electron chi connectivity index (χ3n) is 4.29. The molecular weight excluding hydrogens is 324 g/mol. The maximum absolute atomic E-state index is 12.8. The van der Waals surface area contributed by atoms with E-state index >= 15 is 0 Å². The molecule has 0 aliphatic carbocycles. The van der Waals surface area contributed by atoms with Crippen LogP contribution in [0.3, 0.4) is 0 Å². The summed E-state index contributed by atoms with van der Waals surface area (Å²) in [5.74, 6) is 2.05. The molecule has 7 heteroatoms. The molecule has 0 spiro atoms. The van der Waals surface area contributed by atoms with Crippen LogP contribution in [0.15, 0.2) is 41.0 Å². The Kier molecular flexibility index (Phi) is 4.47. The number of carbonyl (C=O) groups excluding carboxylic acids is 1. The van der Waals surface area contributed by atoms with Crippen LogP contribution in [-0.4, -0.2) is 37.0 Å². The summed E-state index contributed by atoms with van der Waals surface area (Å²) in [6.07, 6.45) is 3.67. The first-order valence-corrected chi connectivity index (χ1v) is 8.37. The molecule has 132 valence electrons. The van der Waals surface area contributed by atoms with E-state index in [1.807, 2.05) is 12.1 Å². The fraction of sp³-hybridized carbons (Fsp3) is 0.389. The third kappa shape index (κ3) is 3.71. The largest absolute Gasteiger partial charge is 0.467 e. The molecule has 2 aliphatic heterocycles. The molecule has 1 saturated heterocycles. The zero-order valence-electron chi connectivity index (χ0n) is 13.8. The lowest BCUT2D eigenvalue weighted by molar-refractivity contribution is 0.0803. The molecule has 1 fully saturated rings. The van der Waals surface area contributed by atoms with Crippen molar-refractivity contribution in [3.63, 3.8) is 0 Å². The van der Waals surface area contributed by atoms with Gasteiger partial charge in [-0.1, -0.05) is 0 Å². The van der Waals surface area contributed by atoms with Crippen LogP contribution in [-0.2, 0) is 11.3 Å². The SMILES string of the molecule is O=C(Nc1ccc2c(c1)OCO2)N(Cc1ccco1)C[C@@H]1CCCO1. The normalized spacial score (nSPS) is 18.3. The van der Waals surface area contributed by atoms with Gasteiger partial charge in [-0.15, -0.1) is 0 Å². The van der Waals surface area contributed by atoms with Crippen LogP contribution in [0.25, 0.3) is 0 Å². The molecule has 2 aromatic rings. The van der Waals surface area contributed by atoms with Crippen molar-refractivity contribution in [1.82, 2.24) is 4.90 Å². The average Bonchev–Trinajstić information content (AvgIpc) is 3.36. The molecule has 3 heterocycles. The lowest BCUT2D eigenvalue weighted by Crippen LogP contribution is -2.39. The quantitative estimate of drug-likeness (QED) is 0.901. The lowest BCUT2D eigenvalue weighted by atomic mass is 10.2. The van der Waals surface area contributed by atoms with E-state index in [9.17, 15) is 4.79 Å². The van der Waals surface area contributed by atoms with Crippen molar-refractivity contribution in [2.45, 2.75) is 25.5 Å². The van der Waals surface area contributed by atoms with Gasteiger partial charge in [-0.2, -0.15) is 0 Å². The van der Waals surface area contributed by atoms with E-state index in [2.05, 4.69) is 5.32 Å². The van der Waals surface area contributed by atoms with Crippen LogP contribution in [0.5, 0.6) is 11.5 Å². The summed E-state index contributed by atoms with van der Waals surface area (Å²) in [5, 5.41) is 2.91. The number of ether oxygens (including phenoxy) is 3. The molecule has 25 heavy (non-hydrogen) atoms. The maximum atomic E-state index is 12.8. The fourth-order valence-corrected chi connectivity index (χ4v) is 3.02. The van der Waals surface area contributed by atoms with Crippen LogP contribution in [0.2, 0.25) is 0 Å². The van der Waals surface area contributed by atoms with Crippen molar-refractivity contribution in [1.29, 1.82) is 0 Å². The molecule has 0 unspecified atom stereocenters. The first-order chi connectivity index (χ1) is 12.3. The first kappa shape index (κ1) is 15.8. The second-order valence-electron chi connectivity index (χ2n) is 6.09. The van der Waals surface area contributed by atoms with Gasteiger partial charge in [0.05, 0.1) is 18.9 Å². The summed E-state index contributed by atoms with van der Waals surface area (Å²) >= 11 is 0. The van der Waals surface area contributed by atoms with Gasteiger partial charge in [-0.3, -0.25) is 0 Å². The number of furan rings is 1. The number of nitrogens with zero attached hydrogens (tertiary/aromatic N) is 1. The van der Waals surface area contributed by atoms with E-state index in [0.717, 1.165) is 25.2 Å². The second kappa shape index (κ2) is 7.06. The maximum Gasteiger partial charge on any atom is 0.322 e. The predicted octanol–water partition coefficient (Wildman–Crippen LogP) is 3.22. The van der Waals surface area contributed by atoms with Crippen molar-refractivity contribution in [3.8, 4) is 11.5 Å². The van der Waals surface area contributed by atoms with Gasteiger partial charge in [0.25, 0.3) is 0 Å². The minimum atomic E-state index is -0.203. The molecule has 4 rings (SSSR count). The van der Waals surface area contributed by atoms with Gasteiger partial charge < -0.3 is 28.8 Å². The van der Waals surface area contributed by atoms with Gasteiger partial charge in [0.1, 0.15) is 5.76 Å². The Hall–Kier alpha value is -2.67. The van der Waals surface area contributed by atoms with Crippen LogP contribution < -0.4 is 14.8 Å². The average molecular weight is 344 g/mol. The Bertz CT molecular complexity index is 725. The molecule has 2 amide bonds. The van der Waals surface area contributed by atoms with E-state index in [1.165, 1.54) is 0 Å². The zero-order valence-corrected chi connectivity index (χ0v) is 13.8. The Labute approximate surface area is 145 Å². The third-order valence-corrected chi connectivity index (χ3v) is 4.29. The Morgan fingerprint density at radius 1 is 1.24 bits per heavy atom. The highest BCUT2D eigenvalue weighted by Crippen LogP contribution is 2.34. The molecule has 1 aromatic carbocycles. The van der Waals surface area contributed by atoms with Crippen LogP contribution >= 0.6 is 0 Å². The van der Waals surface area contributed by atoms with E-state index in [4.69, 9.17) is 18.6 Å². The number of hydrogen-bond acceptors (Lipinski definition) is 5. The highest BCUT2D eigenvalue weighted by Gasteiger charge is 2.24. The fourth-order valence-electron chi connectivity index (χ4n) is 3.02. The number of fused-ring (bicyclic) bond motifs is 1. The summed E-state index contributed by atoms with van der Waals surface area (Å²) in [5.41, 5.74) is 0.658. The summed E-state index contributed by atoms with van der Waals surface area (Å²) in [4.78, 5) is 14.5. The van der Waals surface area contributed by atoms with Crippen molar-refractivity contribution in [3.05, 3.63) is 42.4 Å². The smallest absolute Gasteiger partial charge is 0.322 e. The molecule has 0 saturated carbocycles. The molecule has 1 atom stereocenters. The molecule has 7 nitrogen and oxygen atoms in total. The number of benzene rings is 1. The number of hydrogen-bond donors (Lipinski definition) is 1. The highest BCUT2D eigenvalue weighted by atomic mass is 16.7. The topological polar surface area (TPSA) is 73.2 Å². The van der Waals surface area contributed by atoms with Gasteiger partial charge >= 0.3 is 6.03 Å². The van der Waals surface area contributed by atoms with E-state index in [-0.39, 0.29) is 18.9 Å². The Balaban J connectivity index is 1.46. The van der Waals surface area contributed by atoms with Gasteiger partial charge in [0.2, 0.25) is 6.79 Å². The summed E-state index contributed by atoms with van der Waals surface area (Å²) < 4.78 is 21.7. The van der Waals surface area contributed by atoms with Gasteiger partial charge in [0.15, 0.2) is 11.5 Å². The molecule has 0 bridgehead atoms. The van der Waals surface area contributed by atoms with E-state index < -0.39 is 0 Å². The predicted molar refractivity (Wildman–Crippen MR) is 89.7 cm³/mol. The highest BCUT2D eigenvalue weighted by molar-refractivity contribution is 5.89. The van der Waals surface area contributed by atoms with Crippen molar-refractivity contribution in [2.24, 2.45) is 0 Å². The molecule has 1 N–H and O–H groups in total. The zero-order chi connectivity index (χ0) is 17.1. The second-order valence-corrected chi connectivity index (χ2v) is 6.09.